The largest absolute Gasteiger partial charge is 0.493 e. The first kappa shape index (κ1) is 28.6. The van der Waals surface area contributed by atoms with Gasteiger partial charge in [0.2, 0.25) is 23.0 Å². The molecule has 0 spiro atoms. The summed E-state index contributed by atoms with van der Waals surface area (Å²) in [5.74, 6) is 1.97. The van der Waals surface area contributed by atoms with Gasteiger partial charge >= 0.3 is 0 Å². The molecule has 2 aliphatic carbocycles. The standard InChI is InChI=1S/C29H37N3O6S/c1-16(33)30-21-10-6-17-14-25(36-2)27(37-3)28(38-4)26(17)19-9-11-22(24(34)15-20(19)21)32-23(12-13-39-5)29(35)31-18-7-8-18/h9,11,14-15,18,21,23H,6-8,10,12-13H2,1-5H3,(H,30,33)(H,31,35)(H,32,34)/t21-,23-/m0/s1. The zero-order valence-corrected chi connectivity index (χ0v) is 24.0. The van der Waals surface area contributed by atoms with E-state index >= 15 is 0 Å². The summed E-state index contributed by atoms with van der Waals surface area (Å²) in [5, 5.41) is 9.29. The number of methoxy groups -OCH3 is 3. The molecular weight excluding hydrogens is 518 g/mol. The van der Waals surface area contributed by atoms with E-state index in [-0.39, 0.29) is 23.3 Å². The molecule has 3 N–H and O–H groups in total. The van der Waals surface area contributed by atoms with Gasteiger partial charge in [0.25, 0.3) is 0 Å². The van der Waals surface area contributed by atoms with Gasteiger partial charge in [-0.05, 0) is 79.0 Å². The third kappa shape index (κ3) is 6.43. The number of rotatable bonds is 11. The molecule has 2 atom stereocenters. The van der Waals surface area contributed by atoms with Crippen molar-refractivity contribution >= 4 is 29.3 Å². The lowest BCUT2D eigenvalue weighted by molar-refractivity contribution is -0.122. The fourth-order valence-electron chi connectivity index (χ4n) is 5.05. The fourth-order valence-corrected chi connectivity index (χ4v) is 5.52. The van der Waals surface area contributed by atoms with Gasteiger partial charge in [-0.2, -0.15) is 11.8 Å². The highest BCUT2D eigenvalue weighted by Gasteiger charge is 2.30. The highest BCUT2D eigenvalue weighted by molar-refractivity contribution is 7.98. The van der Waals surface area contributed by atoms with Crippen LogP contribution >= 0.6 is 11.8 Å². The molecule has 4 rings (SSSR count). The van der Waals surface area contributed by atoms with Crippen molar-refractivity contribution in [2.24, 2.45) is 0 Å². The van der Waals surface area contributed by atoms with Crippen molar-refractivity contribution in [1.29, 1.82) is 0 Å². The van der Waals surface area contributed by atoms with Gasteiger partial charge in [-0.1, -0.05) is 6.07 Å². The van der Waals surface area contributed by atoms with E-state index in [0.29, 0.717) is 47.8 Å². The van der Waals surface area contributed by atoms with Crippen LogP contribution in [0.4, 0.5) is 5.69 Å². The third-order valence-electron chi connectivity index (χ3n) is 7.10. The van der Waals surface area contributed by atoms with Crippen molar-refractivity contribution in [3.63, 3.8) is 0 Å². The molecule has 2 aromatic rings. The van der Waals surface area contributed by atoms with Crippen LogP contribution in [0.1, 0.15) is 49.8 Å². The van der Waals surface area contributed by atoms with Crippen LogP contribution in [0, 0.1) is 0 Å². The van der Waals surface area contributed by atoms with Crippen LogP contribution < -0.4 is 35.6 Å². The van der Waals surface area contributed by atoms with Gasteiger partial charge in [0.15, 0.2) is 11.5 Å². The van der Waals surface area contributed by atoms with Crippen molar-refractivity contribution in [3.05, 3.63) is 45.6 Å². The molecule has 210 valence electrons. The Morgan fingerprint density at radius 1 is 1.03 bits per heavy atom. The third-order valence-corrected chi connectivity index (χ3v) is 7.74. The van der Waals surface area contributed by atoms with Crippen LogP contribution in [0.2, 0.25) is 0 Å². The second-order valence-corrected chi connectivity index (χ2v) is 10.8. The fraction of sp³-hybridized carbons (Fsp3) is 0.483. The number of carbonyl (C=O) groups excluding carboxylic acids is 2. The summed E-state index contributed by atoms with van der Waals surface area (Å²) >= 11 is 1.65. The van der Waals surface area contributed by atoms with E-state index < -0.39 is 12.1 Å². The summed E-state index contributed by atoms with van der Waals surface area (Å²) in [6.45, 7) is 1.47. The first-order valence-corrected chi connectivity index (χ1v) is 14.5. The zero-order chi connectivity index (χ0) is 28.1. The summed E-state index contributed by atoms with van der Waals surface area (Å²) in [5.41, 5.74) is 3.21. The van der Waals surface area contributed by atoms with Gasteiger partial charge in [-0.15, -0.1) is 0 Å². The molecule has 2 amide bonds. The zero-order valence-electron chi connectivity index (χ0n) is 23.1. The summed E-state index contributed by atoms with van der Waals surface area (Å²) in [6.07, 6.45) is 5.74. The number of nitrogens with one attached hydrogen (secondary N) is 3. The Hall–Kier alpha value is -3.40. The van der Waals surface area contributed by atoms with E-state index in [4.69, 9.17) is 14.2 Å². The Labute approximate surface area is 233 Å². The lowest BCUT2D eigenvalue weighted by atomic mass is 9.95. The topological polar surface area (TPSA) is 115 Å². The van der Waals surface area contributed by atoms with E-state index in [2.05, 4.69) is 16.0 Å². The number of hydrogen-bond acceptors (Lipinski definition) is 8. The molecule has 0 aromatic heterocycles. The van der Waals surface area contributed by atoms with Crippen LogP contribution in [-0.2, 0) is 16.0 Å². The van der Waals surface area contributed by atoms with Gasteiger partial charge < -0.3 is 30.2 Å². The van der Waals surface area contributed by atoms with E-state index in [1.807, 2.05) is 18.4 Å². The Morgan fingerprint density at radius 3 is 2.38 bits per heavy atom. The molecule has 2 aromatic carbocycles. The van der Waals surface area contributed by atoms with Gasteiger partial charge in [-0.3, -0.25) is 14.4 Å². The number of anilines is 1. The molecule has 39 heavy (non-hydrogen) atoms. The molecule has 9 nitrogen and oxygen atoms in total. The van der Waals surface area contributed by atoms with Crippen molar-refractivity contribution in [1.82, 2.24) is 10.6 Å². The number of amides is 2. The molecule has 2 aliphatic rings. The number of thioether (sulfide) groups is 1. The number of hydrogen-bond donors (Lipinski definition) is 3. The molecule has 10 heteroatoms. The second kappa shape index (κ2) is 12.6. The number of carbonyl (C=O) groups is 2. The van der Waals surface area contributed by atoms with Crippen molar-refractivity contribution in [2.75, 3.05) is 38.7 Å². The normalized spacial score (nSPS) is 16.6. The Morgan fingerprint density at radius 2 is 1.77 bits per heavy atom. The lowest BCUT2D eigenvalue weighted by Crippen LogP contribution is -2.41. The number of aryl methyl sites for hydroxylation is 1. The summed E-state index contributed by atoms with van der Waals surface area (Å²) in [6, 6.07) is 6.34. The molecule has 0 bridgehead atoms. The first-order chi connectivity index (χ1) is 18.8. The maximum absolute atomic E-state index is 13.6. The summed E-state index contributed by atoms with van der Waals surface area (Å²) in [4.78, 5) is 38.7. The summed E-state index contributed by atoms with van der Waals surface area (Å²) in [7, 11) is 4.69. The minimum absolute atomic E-state index is 0.0982. The van der Waals surface area contributed by atoms with E-state index in [0.717, 1.165) is 35.3 Å². The highest BCUT2D eigenvalue weighted by Crippen LogP contribution is 2.50. The maximum Gasteiger partial charge on any atom is 0.242 e. The van der Waals surface area contributed by atoms with E-state index in [9.17, 15) is 14.4 Å². The Kier molecular flexibility index (Phi) is 9.27. The number of ether oxygens (including phenoxy) is 3. The predicted octanol–water partition coefficient (Wildman–Crippen LogP) is 3.68. The molecule has 1 saturated carbocycles. The lowest BCUT2D eigenvalue weighted by Gasteiger charge is -2.19. The maximum atomic E-state index is 13.6. The van der Waals surface area contributed by atoms with Gasteiger partial charge in [-0.25, -0.2) is 0 Å². The van der Waals surface area contributed by atoms with E-state index in [1.54, 1.807) is 45.2 Å². The summed E-state index contributed by atoms with van der Waals surface area (Å²) < 4.78 is 17.1. The molecule has 0 unspecified atom stereocenters. The monoisotopic (exact) mass is 555 g/mol. The van der Waals surface area contributed by atoms with Crippen molar-refractivity contribution in [3.8, 4) is 28.4 Å². The minimum Gasteiger partial charge on any atom is -0.493 e. The van der Waals surface area contributed by atoms with Crippen LogP contribution in [-0.4, -0.2) is 57.2 Å². The first-order valence-electron chi connectivity index (χ1n) is 13.1. The van der Waals surface area contributed by atoms with Gasteiger partial charge in [0, 0.05) is 18.5 Å². The molecular formula is C29H37N3O6S. The Bertz CT molecular complexity index is 1300. The van der Waals surface area contributed by atoms with Crippen LogP contribution in [0.3, 0.4) is 0 Å². The number of fused-ring (bicyclic) bond motifs is 3. The van der Waals surface area contributed by atoms with E-state index in [1.165, 1.54) is 6.92 Å². The van der Waals surface area contributed by atoms with Crippen LogP contribution in [0.5, 0.6) is 17.2 Å². The molecule has 0 radical (unpaired) electrons. The molecule has 1 fully saturated rings. The van der Waals surface area contributed by atoms with Gasteiger partial charge in [0.05, 0.1) is 33.1 Å². The molecule has 0 saturated heterocycles. The second-order valence-electron chi connectivity index (χ2n) is 9.86. The molecule has 0 heterocycles. The highest BCUT2D eigenvalue weighted by atomic mass is 32.2. The van der Waals surface area contributed by atoms with Crippen molar-refractivity contribution < 1.29 is 23.8 Å². The quantitative estimate of drug-likeness (QED) is 0.385. The Balaban J connectivity index is 1.86. The average molecular weight is 556 g/mol. The minimum atomic E-state index is -0.537. The smallest absolute Gasteiger partial charge is 0.242 e. The SMILES string of the molecule is COc1cc2c(c(OC)c1OC)-c1ccc(N[C@@H](CCSC)C(=O)NC3CC3)c(=O)cc1[C@@H](NC(C)=O)CC2. The van der Waals surface area contributed by atoms with Crippen LogP contribution in [0.25, 0.3) is 11.1 Å². The van der Waals surface area contributed by atoms with Gasteiger partial charge in [0.1, 0.15) is 6.04 Å². The average Bonchev–Trinajstić information content (AvgIpc) is 3.76. The predicted molar refractivity (Wildman–Crippen MR) is 154 cm³/mol. The number of benzene rings is 1. The molecule has 0 aliphatic heterocycles. The van der Waals surface area contributed by atoms with Crippen LogP contribution in [0.15, 0.2) is 29.1 Å². The van der Waals surface area contributed by atoms with Crippen molar-refractivity contribution in [2.45, 2.75) is 57.2 Å².